The molecule has 2 amide bonds. The van der Waals surface area contributed by atoms with Crippen molar-refractivity contribution in [2.24, 2.45) is 0 Å². The number of nitrogens with two attached hydrogens (primary N) is 2. The summed E-state index contributed by atoms with van der Waals surface area (Å²) in [5.74, 6) is 0.537. The monoisotopic (exact) mass is 672 g/mol. The van der Waals surface area contributed by atoms with E-state index >= 15 is 0 Å². The molecule has 0 saturated heterocycles. The van der Waals surface area contributed by atoms with E-state index in [1.807, 2.05) is 51.3 Å². The van der Waals surface area contributed by atoms with E-state index in [2.05, 4.69) is 6.92 Å². The van der Waals surface area contributed by atoms with Gasteiger partial charge < -0.3 is 40.2 Å². The predicted molar refractivity (Wildman–Crippen MR) is 190 cm³/mol. The molecule has 2 heterocycles. The van der Waals surface area contributed by atoms with Crippen LogP contribution in [-0.4, -0.2) is 66.6 Å². The summed E-state index contributed by atoms with van der Waals surface area (Å²) in [5.41, 5.74) is 16.8. The zero-order valence-corrected chi connectivity index (χ0v) is 29.3. The fourth-order valence-electron chi connectivity index (χ4n) is 5.99. The summed E-state index contributed by atoms with van der Waals surface area (Å²) < 4.78 is 22.8. The molecule has 4 rings (SSSR count). The fraction of sp³-hybridized carbons (Fsp3) is 0.395. The van der Waals surface area contributed by atoms with Gasteiger partial charge in [-0.3, -0.25) is 14.4 Å². The third-order valence-corrected chi connectivity index (χ3v) is 8.47. The minimum absolute atomic E-state index is 0.0698. The molecule has 0 saturated carbocycles. The lowest BCUT2D eigenvalue weighted by molar-refractivity contribution is -0.142. The average Bonchev–Trinajstić information content (AvgIpc) is 3.68. The maximum atomic E-state index is 13.6. The number of nitrogens with zero attached hydrogens (tertiary/aromatic N) is 2. The van der Waals surface area contributed by atoms with Crippen LogP contribution in [-0.2, 0) is 9.53 Å². The first-order valence-corrected chi connectivity index (χ1v) is 16.6. The highest BCUT2D eigenvalue weighted by molar-refractivity contribution is 6.01. The molecule has 2 atom stereocenters. The number of carbonyl (C=O) groups is 3. The number of allylic oxidation sites excluding steroid dienone is 4. The molecule has 4 N–H and O–H groups in total. The first-order chi connectivity index (χ1) is 23.5. The van der Waals surface area contributed by atoms with Crippen molar-refractivity contribution in [3.05, 3.63) is 88.8 Å². The van der Waals surface area contributed by atoms with Crippen molar-refractivity contribution in [2.75, 3.05) is 38.4 Å². The third-order valence-electron chi connectivity index (χ3n) is 8.47. The van der Waals surface area contributed by atoms with Crippen LogP contribution in [0.5, 0.6) is 17.2 Å². The minimum atomic E-state index is -0.401. The minimum Gasteiger partial charge on any atom is -0.493 e. The fourth-order valence-corrected chi connectivity index (χ4v) is 5.99. The number of benzene rings is 2. The second kappa shape index (κ2) is 16.8. The highest BCUT2D eigenvalue weighted by atomic mass is 16.5. The van der Waals surface area contributed by atoms with Gasteiger partial charge in [-0.1, -0.05) is 31.2 Å². The SMILES string of the molecule is C/C=C/C1=CN(C(=O)c2cc(OC)c(OCCCOc3cc(N)c(C(=O)N4C=C(/C=C/C)C[C@H]4COC(C)=O)cc3C)cc2N)[C@H](CC)C1. The normalized spacial score (nSPS) is 17.4. The summed E-state index contributed by atoms with van der Waals surface area (Å²) in [6.45, 7) is 9.83. The van der Waals surface area contributed by atoms with Crippen molar-refractivity contribution >= 4 is 29.2 Å². The lowest BCUT2D eigenvalue weighted by atomic mass is 10.1. The van der Waals surface area contributed by atoms with Crippen LogP contribution in [0.3, 0.4) is 0 Å². The molecule has 0 aromatic heterocycles. The van der Waals surface area contributed by atoms with Crippen molar-refractivity contribution in [3.8, 4) is 17.2 Å². The molecular weight excluding hydrogens is 624 g/mol. The third kappa shape index (κ3) is 8.84. The summed E-state index contributed by atoms with van der Waals surface area (Å²) in [6.07, 6.45) is 14.2. The summed E-state index contributed by atoms with van der Waals surface area (Å²) in [4.78, 5) is 41.8. The standard InChI is InChI=1S/C38H48N4O7/c1-7-11-26-16-28(9-3)41(21-26)38(45)31-18-35(46-6)36(20-33(31)40)48-14-10-13-47-34-19-32(39)30(15-24(34)4)37(44)42-22-27(12-8-2)17-29(42)23-49-25(5)43/h7-8,11-12,15,18-22,28-29H,9-10,13-14,16-17,23,39-40H2,1-6H3/b11-7+,12-8+/t28-,29+/m1/s1. The second-order valence-electron chi connectivity index (χ2n) is 12.1. The lowest BCUT2D eigenvalue weighted by Gasteiger charge is -2.24. The zero-order chi connectivity index (χ0) is 35.7. The van der Waals surface area contributed by atoms with Gasteiger partial charge in [0, 0.05) is 55.3 Å². The topological polar surface area (TPSA) is 147 Å². The molecule has 0 radical (unpaired) electrons. The molecule has 11 nitrogen and oxygen atoms in total. The summed E-state index contributed by atoms with van der Waals surface area (Å²) in [5, 5.41) is 0. The highest BCUT2D eigenvalue weighted by Crippen LogP contribution is 2.35. The highest BCUT2D eigenvalue weighted by Gasteiger charge is 2.32. The van der Waals surface area contributed by atoms with E-state index in [1.165, 1.54) is 14.0 Å². The van der Waals surface area contributed by atoms with Crippen LogP contribution in [0.1, 0.15) is 79.7 Å². The van der Waals surface area contributed by atoms with Crippen molar-refractivity contribution in [1.82, 2.24) is 9.80 Å². The maximum Gasteiger partial charge on any atom is 0.302 e. The van der Waals surface area contributed by atoms with Crippen LogP contribution in [0.15, 0.2) is 72.1 Å². The van der Waals surface area contributed by atoms with Crippen molar-refractivity contribution in [1.29, 1.82) is 0 Å². The first kappa shape index (κ1) is 36.6. The summed E-state index contributed by atoms with van der Waals surface area (Å²) >= 11 is 0. The van der Waals surface area contributed by atoms with Gasteiger partial charge in [-0.25, -0.2) is 0 Å². The van der Waals surface area contributed by atoms with Crippen LogP contribution in [0.2, 0.25) is 0 Å². The molecule has 0 unspecified atom stereocenters. The molecule has 11 heteroatoms. The summed E-state index contributed by atoms with van der Waals surface area (Å²) in [6, 6.07) is 6.36. The molecule has 0 bridgehead atoms. The molecule has 0 fully saturated rings. The Hall–Kier alpha value is -5.19. The number of hydrogen-bond acceptors (Lipinski definition) is 9. The Labute approximate surface area is 288 Å². The Morgan fingerprint density at radius 3 is 1.90 bits per heavy atom. The molecule has 0 aliphatic carbocycles. The van der Waals surface area contributed by atoms with Crippen LogP contribution >= 0.6 is 0 Å². The second-order valence-corrected chi connectivity index (χ2v) is 12.1. The van der Waals surface area contributed by atoms with Gasteiger partial charge in [0.1, 0.15) is 12.4 Å². The smallest absolute Gasteiger partial charge is 0.302 e. The molecular formula is C38H48N4O7. The Morgan fingerprint density at radius 1 is 0.816 bits per heavy atom. The van der Waals surface area contributed by atoms with Crippen LogP contribution in [0.25, 0.3) is 0 Å². The Bertz CT molecular complexity index is 1680. The molecule has 2 aliphatic rings. The van der Waals surface area contributed by atoms with Gasteiger partial charge in [0.2, 0.25) is 0 Å². The molecule has 2 aromatic rings. The number of ether oxygens (including phenoxy) is 4. The number of rotatable bonds is 14. The number of esters is 1. The van der Waals surface area contributed by atoms with Crippen LogP contribution < -0.4 is 25.7 Å². The van der Waals surface area contributed by atoms with E-state index in [4.69, 9.17) is 30.4 Å². The summed E-state index contributed by atoms with van der Waals surface area (Å²) in [7, 11) is 1.52. The molecule has 49 heavy (non-hydrogen) atoms. The number of nitrogen functional groups attached to an aromatic ring is 2. The number of carbonyl (C=O) groups excluding carboxylic acids is 3. The van der Waals surface area contributed by atoms with E-state index in [1.54, 1.807) is 40.3 Å². The maximum absolute atomic E-state index is 13.6. The predicted octanol–water partition coefficient (Wildman–Crippen LogP) is 6.34. The molecule has 0 spiro atoms. The quantitative estimate of drug-likeness (QED) is 0.133. The van der Waals surface area contributed by atoms with Gasteiger partial charge in [0.25, 0.3) is 11.8 Å². The van der Waals surface area contributed by atoms with Gasteiger partial charge in [-0.15, -0.1) is 0 Å². The van der Waals surface area contributed by atoms with E-state index in [0.717, 1.165) is 29.6 Å². The van der Waals surface area contributed by atoms with E-state index in [-0.39, 0.29) is 36.2 Å². The van der Waals surface area contributed by atoms with Crippen molar-refractivity contribution in [2.45, 2.75) is 72.4 Å². The van der Waals surface area contributed by atoms with E-state index in [0.29, 0.717) is 60.1 Å². The van der Waals surface area contributed by atoms with Gasteiger partial charge in [-0.2, -0.15) is 0 Å². The van der Waals surface area contributed by atoms with Gasteiger partial charge in [0.15, 0.2) is 11.5 Å². The molecule has 2 aliphatic heterocycles. The van der Waals surface area contributed by atoms with Crippen molar-refractivity contribution < 1.29 is 33.3 Å². The molecule has 2 aromatic carbocycles. The van der Waals surface area contributed by atoms with Crippen molar-refractivity contribution in [3.63, 3.8) is 0 Å². The zero-order valence-electron chi connectivity index (χ0n) is 29.3. The number of hydrogen-bond donors (Lipinski definition) is 2. The van der Waals surface area contributed by atoms with Gasteiger partial charge in [-0.05, 0) is 68.9 Å². The largest absolute Gasteiger partial charge is 0.493 e. The lowest BCUT2D eigenvalue weighted by Crippen LogP contribution is -2.37. The number of amides is 2. The Morgan fingerprint density at radius 2 is 1.35 bits per heavy atom. The number of aryl methyl sites for hydroxylation is 1. The number of anilines is 2. The molecule has 262 valence electrons. The Balaban J connectivity index is 1.36. The average molecular weight is 673 g/mol. The van der Waals surface area contributed by atoms with E-state index in [9.17, 15) is 14.4 Å². The first-order valence-electron chi connectivity index (χ1n) is 16.6. The van der Waals surface area contributed by atoms with Crippen LogP contribution in [0, 0.1) is 6.92 Å². The number of methoxy groups -OCH3 is 1. The van der Waals surface area contributed by atoms with E-state index < -0.39 is 5.97 Å². The van der Waals surface area contributed by atoms with Gasteiger partial charge in [0.05, 0.1) is 37.5 Å². The van der Waals surface area contributed by atoms with Gasteiger partial charge >= 0.3 is 5.97 Å². The Kier molecular flexibility index (Phi) is 12.5. The van der Waals surface area contributed by atoms with Crippen LogP contribution in [0.4, 0.5) is 11.4 Å².